The van der Waals surface area contributed by atoms with Crippen LogP contribution in [-0.4, -0.2) is 54.1 Å². The highest BCUT2D eigenvalue weighted by Crippen LogP contribution is 2.15. The standard InChI is InChI=1S/C16H21N3O2/c1-17-8-10-19(11-9-17)7-3-4-13-5-6-14-15(12-13)21-16(20)18(14)2/h3-6,12H,7-11H2,1-2H3/b4-3+. The molecule has 2 aromatic rings. The molecule has 0 unspecified atom stereocenters. The zero-order valence-corrected chi connectivity index (χ0v) is 12.6. The largest absolute Gasteiger partial charge is 0.419 e. The van der Waals surface area contributed by atoms with Gasteiger partial charge in [-0.3, -0.25) is 9.47 Å². The Balaban J connectivity index is 1.67. The van der Waals surface area contributed by atoms with E-state index in [2.05, 4.69) is 29.0 Å². The lowest BCUT2D eigenvalue weighted by Crippen LogP contribution is -2.44. The van der Waals surface area contributed by atoms with E-state index < -0.39 is 0 Å². The summed E-state index contributed by atoms with van der Waals surface area (Å²) < 4.78 is 6.73. The van der Waals surface area contributed by atoms with Crippen molar-refractivity contribution in [2.45, 2.75) is 0 Å². The number of hydrogen-bond donors (Lipinski definition) is 0. The maximum atomic E-state index is 11.5. The summed E-state index contributed by atoms with van der Waals surface area (Å²) in [4.78, 5) is 16.3. The Morgan fingerprint density at radius 3 is 2.71 bits per heavy atom. The summed E-state index contributed by atoms with van der Waals surface area (Å²) in [6.45, 7) is 5.47. The third-order valence-corrected chi connectivity index (χ3v) is 4.09. The number of aryl methyl sites for hydroxylation is 1. The Morgan fingerprint density at radius 2 is 1.95 bits per heavy atom. The van der Waals surface area contributed by atoms with Gasteiger partial charge in [-0.25, -0.2) is 4.79 Å². The number of nitrogens with zero attached hydrogens (tertiary/aromatic N) is 3. The average molecular weight is 287 g/mol. The predicted molar refractivity (Wildman–Crippen MR) is 84.4 cm³/mol. The van der Waals surface area contributed by atoms with Gasteiger partial charge in [0.05, 0.1) is 5.52 Å². The van der Waals surface area contributed by atoms with Crippen molar-refractivity contribution in [1.82, 2.24) is 14.4 Å². The fourth-order valence-electron chi connectivity index (χ4n) is 2.62. The van der Waals surface area contributed by atoms with E-state index in [1.165, 1.54) is 4.57 Å². The molecule has 5 nitrogen and oxygen atoms in total. The van der Waals surface area contributed by atoms with E-state index in [4.69, 9.17) is 4.42 Å². The van der Waals surface area contributed by atoms with Crippen molar-refractivity contribution in [2.24, 2.45) is 7.05 Å². The first-order chi connectivity index (χ1) is 10.1. The summed E-state index contributed by atoms with van der Waals surface area (Å²) in [6, 6.07) is 5.85. The first-order valence-corrected chi connectivity index (χ1v) is 7.30. The molecule has 1 aromatic carbocycles. The van der Waals surface area contributed by atoms with Gasteiger partial charge in [0.1, 0.15) is 0 Å². The maximum absolute atomic E-state index is 11.5. The number of oxazole rings is 1. The molecule has 0 N–H and O–H groups in total. The summed E-state index contributed by atoms with van der Waals surface area (Å²) in [5.41, 5.74) is 2.53. The number of hydrogen-bond acceptors (Lipinski definition) is 4. The van der Waals surface area contributed by atoms with Crippen LogP contribution in [0.5, 0.6) is 0 Å². The van der Waals surface area contributed by atoms with E-state index in [-0.39, 0.29) is 5.76 Å². The molecule has 0 bridgehead atoms. The minimum atomic E-state index is -0.316. The lowest BCUT2D eigenvalue weighted by atomic mass is 10.2. The van der Waals surface area contributed by atoms with E-state index >= 15 is 0 Å². The topological polar surface area (TPSA) is 41.6 Å². The molecule has 0 spiro atoms. The molecule has 1 aromatic heterocycles. The summed E-state index contributed by atoms with van der Waals surface area (Å²) in [5.74, 6) is -0.316. The summed E-state index contributed by atoms with van der Waals surface area (Å²) >= 11 is 0. The Bertz CT molecular complexity index is 706. The lowest BCUT2D eigenvalue weighted by molar-refractivity contribution is 0.167. The molecule has 0 aliphatic carbocycles. The number of fused-ring (bicyclic) bond motifs is 1. The summed E-state index contributed by atoms with van der Waals surface area (Å²) in [6.07, 6.45) is 4.26. The van der Waals surface area contributed by atoms with Crippen LogP contribution in [0.25, 0.3) is 17.2 Å². The summed E-state index contributed by atoms with van der Waals surface area (Å²) in [5, 5.41) is 0. The van der Waals surface area contributed by atoms with Crippen LogP contribution in [0.15, 0.2) is 33.5 Å². The molecule has 2 heterocycles. The van der Waals surface area contributed by atoms with Crippen molar-refractivity contribution >= 4 is 17.2 Å². The fourth-order valence-corrected chi connectivity index (χ4v) is 2.62. The zero-order chi connectivity index (χ0) is 14.8. The van der Waals surface area contributed by atoms with Crippen LogP contribution in [0.4, 0.5) is 0 Å². The van der Waals surface area contributed by atoms with Crippen LogP contribution in [0.3, 0.4) is 0 Å². The van der Waals surface area contributed by atoms with Gasteiger partial charge in [0.25, 0.3) is 0 Å². The Morgan fingerprint density at radius 1 is 1.19 bits per heavy atom. The highest BCUT2D eigenvalue weighted by atomic mass is 16.4. The van der Waals surface area contributed by atoms with Crippen LogP contribution in [0.2, 0.25) is 0 Å². The van der Waals surface area contributed by atoms with Gasteiger partial charge in [-0.1, -0.05) is 18.2 Å². The van der Waals surface area contributed by atoms with Crippen molar-refractivity contribution in [3.8, 4) is 0 Å². The van der Waals surface area contributed by atoms with Crippen LogP contribution in [-0.2, 0) is 7.05 Å². The molecule has 3 rings (SSSR count). The van der Waals surface area contributed by atoms with Crippen molar-refractivity contribution in [3.63, 3.8) is 0 Å². The quantitative estimate of drug-likeness (QED) is 0.855. The average Bonchev–Trinajstić information content (AvgIpc) is 2.76. The fraction of sp³-hybridized carbons (Fsp3) is 0.438. The van der Waals surface area contributed by atoms with E-state index in [1.807, 2.05) is 18.2 Å². The van der Waals surface area contributed by atoms with Crippen molar-refractivity contribution in [3.05, 3.63) is 40.4 Å². The third-order valence-electron chi connectivity index (χ3n) is 4.09. The molecule has 0 radical (unpaired) electrons. The van der Waals surface area contributed by atoms with E-state index in [0.29, 0.717) is 5.58 Å². The highest BCUT2D eigenvalue weighted by molar-refractivity contribution is 5.76. The normalized spacial score (nSPS) is 18.0. The second-order valence-electron chi connectivity index (χ2n) is 5.66. The highest BCUT2D eigenvalue weighted by Gasteiger charge is 2.11. The third kappa shape index (κ3) is 3.09. The smallest absolute Gasteiger partial charge is 0.408 e. The van der Waals surface area contributed by atoms with Gasteiger partial charge in [0.15, 0.2) is 5.58 Å². The lowest BCUT2D eigenvalue weighted by Gasteiger charge is -2.31. The van der Waals surface area contributed by atoms with Crippen molar-refractivity contribution < 1.29 is 4.42 Å². The Labute approximate surface area is 124 Å². The van der Waals surface area contributed by atoms with E-state index in [0.717, 1.165) is 43.8 Å². The van der Waals surface area contributed by atoms with Gasteiger partial charge in [-0.2, -0.15) is 0 Å². The zero-order valence-electron chi connectivity index (χ0n) is 12.6. The maximum Gasteiger partial charge on any atom is 0.419 e. The Hall–Kier alpha value is -1.85. The van der Waals surface area contributed by atoms with Gasteiger partial charge in [-0.05, 0) is 24.7 Å². The van der Waals surface area contributed by atoms with E-state index in [1.54, 1.807) is 7.05 Å². The SMILES string of the molecule is CN1CCN(C/C=C/c2ccc3c(c2)oc(=O)n3C)CC1. The number of benzene rings is 1. The van der Waals surface area contributed by atoms with Gasteiger partial charge in [0.2, 0.25) is 0 Å². The molecule has 1 aliphatic rings. The number of aromatic nitrogens is 1. The molecule has 5 heteroatoms. The van der Waals surface area contributed by atoms with Crippen LogP contribution in [0, 0.1) is 0 Å². The van der Waals surface area contributed by atoms with Gasteiger partial charge >= 0.3 is 5.76 Å². The molecular weight excluding hydrogens is 266 g/mol. The number of rotatable bonds is 3. The van der Waals surface area contributed by atoms with Gasteiger partial charge < -0.3 is 9.32 Å². The summed E-state index contributed by atoms with van der Waals surface area (Å²) in [7, 11) is 3.88. The first kappa shape index (κ1) is 14.1. The predicted octanol–water partition coefficient (Wildman–Crippen LogP) is 1.39. The minimum absolute atomic E-state index is 0.316. The molecule has 0 atom stereocenters. The molecule has 1 fully saturated rings. The van der Waals surface area contributed by atoms with Crippen molar-refractivity contribution in [2.75, 3.05) is 39.8 Å². The number of likely N-dealkylation sites (N-methyl/N-ethyl adjacent to an activating group) is 1. The molecule has 1 aliphatic heterocycles. The molecule has 21 heavy (non-hydrogen) atoms. The monoisotopic (exact) mass is 287 g/mol. The second kappa shape index (κ2) is 5.87. The minimum Gasteiger partial charge on any atom is -0.408 e. The molecule has 0 saturated carbocycles. The van der Waals surface area contributed by atoms with Gasteiger partial charge in [-0.15, -0.1) is 0 Å². The van der Waals surface area contributed by atoms with Crippen LogP contribution < -0.4 is 5.76 Å². The van der Waals surface area contributed by atoms with Crippen molar-refractivity contribution in [1.29, 1.82) is 0 Å². The second-order valence-corrected chi connectivity index (χ2v) is 5.66. The molecule has 0 amide bonds. The van der Waals surface area contributed by atoms with E-state index in [9.17, 15) is 4.79 Å². The molecule has 1 saturated heterocycles. The molecular formula is C16H21N3O2. The van der Waals surface area contributed by atoms with Gasteiger partial charge in [0, 0.05) is 39.8 Å². The molecule has 112 valence electrons. The van der Waals surface area contributed by atoms with Crippen LogP contribution in [0.1, 0.15) is 5.56 Å². The number of piperazine rings is 1. The van der Waals surface area contributed by atoms with Crippen LogP contribution >= 0.6 is 0 Å². The first-order valence-electron chi connectivity index (χ1n) is 7.30. The Kier molecular flexibility index (Phi) is 3.94.